The summed E-state index contributed by atoms with van der Waals surface area (Å²) in [4.78, 5) is 4.59. The van der Waals surface area contributed by atoms with Gasteiger partial charge >= 0.3 is 0 Å². The fourth-order valence-corrected chi connectivity index (χ4v) is 2.51. The first kappa shape index (κ1) is 19.4. The van der Waals surface area contributed by atoms with Gasteiger partial charge < -0.3 is 11.1 Å². The zero-order chi connectivity index (χ0) is 16.8. The lowest BCUT2D eigenvalue weighted by atomic mass is 10.1. The van der Waals surface area contributed by atoms with E-state index < -0.39 is 0 Å². The maximum atomic E-state index is 5.52. The molecule has 0 saturated carbocycles. The molecule has 3 heteroatoms. The first-order valence-electron chi connectivity index (χ1n) is 9.09. The van der Waals surface area contributed by atoms with E-state index in [0.717, 1.165) is 38.0 Å². The molecule has 1 rings (SSSR count). The van der Waals surface area contributed by atoms with Crippen molar-refractivity contribution in [1.82, 2.24) is 5.32 Å². The quantitative estimate of drug-likeness (QED) is 0.419. The molecule has 0 fully saturated rings. The van der Waals surface area contributed by atoms with Crippen LogP contribution in [0.25, 0.3) is 5.70 Å². The Bertz CT molecular complexity index is 478. The van der Waals surface area contributed by atoms with Crippen LogP contribution in [-0.4, -0.2) is 19.3 Å². The van der Waals surface area contributed by atoms with Gasteiger partial charge in [0.15, 0.2) is 0 Å². The summed E-state index contributed by atoms with van der Waals surface area (Å²) >= 11 is 0. The molecule has 0 radical (unpaired) electrons. The molecule has 0 spiro atoms. The summed E-state index contributed by atoms with van der Waals surface area (Å²) in [5, 5.41) is 3.61. The van der Waals surface area contributed by atoms with Crippen molar-refractivity contribution in [2.45, 2.75) is 58.8 Å². The Hall–Kier alpha value is -1.61. The Morgan fingerprint density at radius 3 is 2.52 bits per heavy atom. The molecular weight excluding hydrogens is 282 g/mol. The standard InChI is InChI=1S/C20H33N3/c1-3-12-19(23-17-11-7-5-6-10-15-21)18-13-8-9-14-20(18)22-16-4-2/h8-9,12-14,16,23H,3-7,10-11,15,17,21H2,1-2H3/b19-12-,22-16+. The average Bonchev–Trinajstić information content (AvgIpc) is 2.58. The second-order valence-corrected chi connectivity index (χ2v) is 5.75. The highest BCUT2D eigenvalue weighted by Crippen LogP contribution is 2.25. The normalized spacial score (nSPS) is 12.0. The van der Waals surface area contributed by atoms with Crippen molar-refractivity contribution >= 4 is 17.6 Å². The minimum absolute atomic E-state index is 0.816. The Kier molecular flexibility index (Phi) is 10.9. The van der Waals surface area contributed by atoms with Crippen LogP contribution in [0.3, 0.4) is 0 Å². The molecule has 0 heterocycles. The molecule has 0 saturated heterocycles. The summed E-state index contributed by atoms with van der Waals surface area (Å²) in [6.07, 6.45) is 12.4. The van der Waals surface area contributed by atoms with E-state index in [1.807, 2.05) is 12.3 Å². The van der Waals surface area contributed by atoms with Crippen LogP contribution in [0.1, 0.15) is 64.4 Å². The smallest absolute Gasteiger partial charge is 0.0718 e. The van der Waals surface area contributed by atoms with Crippen LogP contribution in [0.4, 0.5) is 5.69 Å². The molecule has 0 aromatic heterocycles. The van der Waals surface area contributed by atoms with Crippen LogP contribution in [0.2, 0.25) is 0 Å². The van der Waals surface area contributed by atoms with Gasteiger partial charge in [-0.05, 0) is 38.3 Å². The number of hydrogen-bond acceptors (Lipinski definition) is 3. The van der Waals surface area contributed by atoms with Crippen molar-refractivity contribution in [3.05, 3.63) is 35.9 Å². The minimum Gasteiger partial charge on any atom is -0.385 e. The number of nitrogens with zero attached hydrogens (tertiary/aromatic N) is 1. The molecule has 23 heavy (non-hydrogen) atoms. The van der Waals surface area contributed by atoms with Crippen molar-refractivity contribution < 1.29 is 0 Å². The van der Waals surface area contributed by atoms with E-state index in [2.05, 4.69) is 48.4 Å². The van der Waals surface area contributed by atoms with Crippen LogP contribution in [0.5, 0.6) is 0 Å². The summed E-state index contributed by atoms with van der Waals surface area (Å²) in [6, 6.07) is 8.36. The van der Waals surface area contributed by atoms with Gasteiger partial charge in [-0.1, -0.05) is 57.4 Å². The predicted molar refractivity (Wildman–Crippen MR) is 103 cm³/mol. The van der Waals surface area contributed by atoms with E-state index in [4.69, 9.17) is 5.73 Å². The first-order chi connectivity index (χ1) is 11.3. The Labute approximate surface area is 142 Å². The van der Waals surface area contributed by atoms with E-state index in [1.54, 1.807) is 0 Å². The Morgan fingerprint density at radius 1 is 1.04 bits per heavy atom. The molecule has 3 N–H and O–H groups in total. The fraction of sp³-hybridized carbons (Fsp3) is 0.550. The SMILES string of the molecule is CC/C=C(\NCCCCCCCN)c1ccccc1/N=C/CC. The van der Waals surface area contributed by atoms with Crippen molar-refractivity contribution in [2.75, 3.05) is 13.1 Å². The molecule has 0 atom stereocenters. The monoisotopic (exact) mass is 315 g/mol. The number of unbranched alkanes of at least 4 members (excludes halogenated alkanes) is 4. The first-order valence-corrected chi connectivity index (χ1v) is 9.09. The van der Waals surface area contributed by atoms with Crippen molar-refractivity contribution in [1.29, 1.82) is 0 Å². The highest BCUT2D eigenvalue weighted by Gasteiger charge is 2.05. The van der Waals surface area contributed by atoms with E-state index in [0.29, 0.717) is 0 Å². The number of nitrogens with one attached hydrogen (secondary N) is 1. The van der Waals surface area contributed by atoms with Gasteiger partial charge in [-0.25, -0.2) is 0 Å². The second-order valence-electron chi connectivity index (χ2n) is 5.75. The third-order valence-electron chi connectivity index (χ3n) is 3.71. The van der Waals surface area contributed by atoms with Crippen LogP contribution in [0, 0.1) is 0 Å². The van der Waals surface area contributed by atoms with Gasteiger partial charge in [0, 0.05) is 24.0 Å². The zero-order valence-electron chi connectivity index (χ0n) is 14.9. The topological polar surface area (TPSA) is 50.4 Å². The summed E-state index contributed by atoms with van der Waals surface area (Å²) in [5.74, 6) is 0. The minimum atomic E-state index is 0.816. The molecule has 0 aliphatic rings. The maximum absolute atomic E-state index is 5.52. The highest BCUT2D eigenvalue weighted by atomic mass is 14.9. The number of para-hydroxylation sites is 1. The summed E-state index contributed by atoms with van der Waals surface area (Å²) in [7, 11) is 0. The number of hydrogen-bond donors (Lipinski definition) is 2. The van der Waals surface area contributed by atoms with Crippen molar-refractivity contribution in [2.24, 2.45) is 10.7 Å². The lowest BCUT2D eigenvalue weighted by Gasteiger charge is -2.13. The third-order valence-corrected chi connectivity index (χ3v) is 3.71. The van der Waals surface area contributed by atoms with Gasteiger partial charge in [-0.2, -0.15) is 0 Å². The lowest BCUT2D eigenvalue weighted by Crippen LogP contribution is -2.14. The van der Waals surface area contributed by atoms with E-state index in [1.165, 1.54) is 36.9 Å². The number of allylic oxidation sites excluding steroid dienone is 1. The molecule has 0 aliphatic heterocycles. The van der Waals surface area contributed by atoms with Gasteiger partial charge in [0.2, 0.25) is 0 Å². The molecule has 128 valence electrons. The number of aliphatic imine (C=N–C) groups is 1. The van der Waals surface area contributed by atoms with E-state index in [-0.39, 0.29) is 0 Å². The molecule has 0 unspecified atom stereocenters. The Morgan fingerprint density at radius 2 is 1.78 bits per heavy atom. The zero-order valence-corrected chi connectivity index (χ0v) is 14.9. The molecule has 1 aromatic carbocycles. The van der Waals surface area contributed by atoms with Gasteiger partial charge in [0.25, 0.3) is 0 Å². The van der Waals surface area contributed by atoms with Crippen LogP contribution < -0.4 is 11.1 Å². The number of rotatable bonds is 12. The van der Waals surface area contributed by atoms with Gasteiger partial charge in [0.05, 0.1) is 5.69 Å². The fourth-order valence-electron chi connectivity index (χ4n) is 2.51. The predicted octanol–water partition coefficient (Wildman–Crippen LogP) is 5.05. The van der Waals surface area contributed by atoms with Crippen LogP contribution >= 0.6 is 0 Å². The highest BCUT2D eigenvalue weighted by molar-refractivity contribution is 5.76. The van der Waals surface area contributed by atoms with E-state index >= 15 is 0 Å². The molecule has 0 bridgehead atoms. The molecule has 1 aromatic rings. The van der Waals surface area contributed by atoms with E-state index in [9.17, 15) is 0 Å². The summed E-state index contributed by atoms with van der Waals surface area (Å²) in [5.41, 5.74) is 8.97. The second kappa shape index (κ2) is 12.9. The van der Waals surface area contributed by atoms with Gasteiger partial charge in [-0.3, -0.25) is 4.99 Å². The van der Waals surface area contributed by atoms with Crippen molar-refractivity contribution in [3.63, 3.8) is 0 Å². The third kappa shape index (κ3) is 7.98. The molecule has 0 aliphatic carbocycles. The summed E-state index contributed by atoms with van der Waals surface area (Å²) < 4.78 is 0. The van der Waals surface area contributed by atoms with Crippen LogP contribution in [0.15, 0.2) is 35.3 Å². The molecular formula is C20H33N3. The van der Waals surface area contributed by atoms with Gasteiger partial charge in [-0.15, -0.1) is 0 Å². The van der Waals surface area contributed by atoms with Crippen molar-refractivity contribution in [3.8, 4) is 0 Å². The van der Waals surface area contributed by atoms with Gasteiger partial charge in [0.1, 0.15) is 0 Å². The molecule has 3 nitrogen and oxygen atoms in total. The largest absolute Gasteiger partial charge is 0.385 e. The number of benzene rings is 1. The lowest BCUT2D eigenvalue weighted by molar-refractivity contribution is 0.609. The Balaban J connectivity index is 2.58. The van der Waals surface area contributed by atoms with Crippen LogP contribution in [-0.2, 0) is 0 Å². The summed E-state index contributed by atoms with van der Waals surface area (Å²) in [6.45, 7) is 6.11. The molecule has 0 amide bonds. The average molecular weight is 316 g/mol. The maximum Gasteiger partial charge on any atom is 0.0718 e. The number of nitrogens with two attached hydrogens (primary N) is 1.